The Kier molecular flexibility index (Phi) is 5.62. The van der Waals surface area contributed by atoms with Gasteiger partial charge in [-0.1, -0.05) is 11.6 Å². The number of benzene rings is 2. The van der Waals surface area contributed by atoms with Gasteiger partial charge in [-0.15, -0.1) is 11.3 Å². The third kappa shape index (κ3) is 3.97. The molecule has 0 fully saturated rings. The largest absolute Gasteiger partial charge is 0.496 e. The van der Waals surface area contributed by atoms with E-state index in [1.54, 1.807) is 19.1 Å². The summed E-state index contributed by atoms with van der Waals surface area (Å²) in [5.74, 6) is -1.93. The van der Waals surface area contributed by atoms with Gasteiger partial charge in [0.15, 0.2) is 0 Å². The van der Waals surface area contributed by atoms with Crippen LogP contribution in [0.5, 0.6) is 5.75 Å². The molecule has 0 bridgehead atoms. The summed E-state index contributed by atoms with van der Waals surface area (Å²) < 4.78 is 18.1. The van der Waals surface area contributed by atoms with E-state index in [1.165, 1.54) is 31.4 Å². The summed E-state index contributed by atoms with van der Waals surface area (Å²) in [7, 11) is 1.32. The molecule has 9 heteroatoms. The molecule has 0 unspecified atom stereocenters. The summed E-state index contributed by atoms with van der Waals surface area (Å²) in [6.45, 7) is 1.69. The lowest BCUT2D eigenvalue weighted by molar-refractivity contribution is 0.0693. The molecule has 3 rings (SSSR count). The van der Waals surface area contributed by atoms with Gasteiger partial charge in [0.05, 0.1) is 23.5 Å². The summed E-state index contributed by atoms with van der Waals surface area (Å²) in [6, 6.07) is 8.37. The molecule has 0 aliphatic heterocycles. The van der Waals surface area contributed by atoms with E-state index in [4.69, 9.17) is 16.3 Å². The van der Waals surface area contributed by atoms with Gasteiger partial charge < -0.3 is 15.2 Å². The lowest BCUT2D eigenvalue weighted by atomic mass is 10.1. The van der Waals surface area contributed by atoms with Crippen LogP contribution in [0.4, 0.5) is 10.1 Å². The van der Waals surface area contributed by atoms with E-state index in [0.29, 0.717) is 21.1 Å². The number of carbonyl (C=O) groups excluding carboxylic acids is 1. The molecule has 6 nitrogen and oxygen atoms in total. The van der Waals surface area contributed by atoms with Gasteiger partial charge >= 0.3 is 5.97 Å². The van der Waals surface area contributed by atoms with Crippen LogP contribution in [-0.4, -0.2) is 29.1 Å². The fourth-order valence-electron chi connectivity index (χ4n) is 2.49. The van der Waals surface area contributed by atoms with Crippen molar-refractivity contribution >= 4 is 40.5 Å². The summed E-state index contributed by atoms with van der Waals surface area (Å²) in [4.78, 5) is 28.6. The minimum absolute atomic E-state index is 0.0625. The van der Waals surface area contributed by atoms with Crippen molar-refractivity contribution < 1.29 is 23.8 Å². The standard InChI is InChI=1S/C19H14ClFN2O4S/c1-9-16(28-18(22-9)10-3-5-11(21)6-4-10)17(24)23-14-8-15(27-2)12(19(25)26)7-13(14)20/h3-8H,1-2H3,(H,23,24)(H,25,26). The normalized spacial score (nSPS) is 10.6. The van der Waals surface area contributed by atoms with Crippen molar-refractivity contribution in [2.24, 2.45) is 0 Å². The van der Waals surface area contributed by atoms with E-state index in [1.807, 2.05) is 0 Å². The first-order valence-corrected chi connectivity index (χ1v) is 9.15. The maximum Gasteiger partial charge on any atom is 0.339 e. The van der Waals surface area contributed by atoms with E-state index in [9.17, 15) is 19.1 Å². The highest BCUT2D eigenvalue weighted by molar-refractivity contribution is 7.17. The number of carboxylic acid groups (broad SMARTS) is 1. The van der Waals surface area contributed by atoms with Crippen molar-refractivity contribution in [3.63, 3.8) is 0 Å². The Hall–Kier alpha value is -2.97. The van der Waals surface area contributed by atoms with Gasteiger partial charge in [-0.05, 0) is 37.3 Å². The predicted octanol–water partition coefficient (Wildman–Crippen LogP) is 4.87. The molecule has 144 valence electrons. The third-order valence-corrected chi connectivity index (χ3v) is 5.38. The molecule has 0 aliphatic rings. The lowest BCUT2D eigenvalue weighted by Crippen LogP contribution is -2.12. The monoisotopic (exact) mass is 420 g/mol. The maximum absolute atomic E-state index is 13.1. The first-order valence-electron chi connectivity index (χ1n) is 7.95. The molecular formula is C19H14ClFN2O4S. The number of aromatic carboxylic acids is 1. The number of hydrogen-bond donors (Lipinski definition) is 2. The Morgan fingerprint density at radius 3 is 2.54 bits per heavy atom. The Bertz CT molecular complexity index is 1070. The summed E-state index contributed by atoms with van der Waals surface area (Å²) in [6.07, 6.45) is 0. The molecule has 0 spiro atoms. The highest BCUT2D eigenvalue weighted by atomic mass is 35.5. The Balaban J connectivity index is 1.90. The van der Waals surface area contributed by atoms with Crippen molar-refractivity contribution in [2.45, 2.75) is 6.92 Å². The van der Waals surface area contributed by atoms with Gasteiger partial charge in [-0.2, -0.15) is 0 Å². The molecule has 0 saturated carbocycles. The van der Waals surface area contributed by atoms with E-state index in [-0.39, 0.29) is 27.8 Å². The van der Waals surface area contributed by atoms with Crippen LogP contribution < -0.4 is 10.1 Å². The zero-order valence-electron chi connectivity index (χ0n) is 14.7. The van der Waals surface area contributed by atoms with Gasteiger partial charge in [-0.25, -0.2) is 14.2 Å². The number of carbonyl (C=O) groups is 2. The number of aryl methyl sites for hydroxylation is 1. The second kappa shape index (κ2) is 7.95. The first-order chi connectivity index (χ1) is 13.3. The molecule has 1 aromatic heterocycles. The highest BCUT2D eigenvalue weighted by Gasteiger charge is 2.20. The molecule has 0 aliphatic carbocycles. The number of carboxylic acids is 1. The van der Waals surface area contributed by atoms with E-state index in [2.05, 4.69) is 10.3 Å². The third-order valence-electron chi connectivity index (χ3n) is 3.86. The van der Waals surface area contributed by atoms with Gasteiger partial charge in [0, 0.05) is 11.6 Å². The Morgan fingerprint density at radius 2 is 1.93 bits per heavy atom. The highest BCUT2D eigenvalue weighted by Crippen LogP contribution is 2.33. The molecule has 28 heavy (non-hydrogen) atoms. The van der Waals surface area contributed by atoms with E-state index >= 15 is 0 Å². The number of amides is 1. The molecule has 1 heterocycles. The quantitative estimate of drug-likeness (QED) is 0.614. The van der Waals surface area contributed by atoms with Crippen LogP contribution >= 0.6 is 22.9 Å². The molecule has 0 atom stereocenters. The zero-order valence-corrected chi connectivity index (χ0v) is 16.3. The molecule has 0 saturated heterocycles. The van der Waals surface area contributed by atoms with Crippen molar-refractivity contribution in [1.82, 2.24) is 4.98 Å². The number of halogens is 2. The summed E-state index contributed by atoms with van der Waals surface area (Å²) in [5.41, 5.74) is 1.30. The van der Waals surface area contributed by atoms with Gasteiger partial charge in [0.1, 0.15) is 27.0 Å². The second-order valence-corrected chi connectivity index (χ2v) is 7.14. The number of ether oxygens (including phenoxy) is 1. The Morgan fingerprint density at radius 1 is 1.25 bits per heavy atom. The van der Waals surface area contributed by atoms with Crippen LogP contribution in [0.25, 0.3) is 10.6 Å². The van der Waals surface area contributed by atoms with Gasteiger partial charge in [0.2, 0.25) is 0 Å². The average molecular weight is 421 g/mol. The summed E-state index contributed by atoms with van der Waals surface area (Å²) in [5, 5.41) is 12.5. The molecule has 0 radical (unpaired) electrons. The molecule has 2 aromatic carbocycles. The zero-order chi connectivity index (χ0) is 20.4. The number of anilines is 1. The van der Waals surface area contributed by atoms with E-state index in [0.717, 1.165) is 11.3 Å². The number of hydrogen-bond acceptors (Lipinski definition) is 5. The number of nitrogens with zero attached hydrogens (tertiary/aromatic N) is 1. The molecule has 3 aromatic rings. The van der Waals surface area contributed by atoms with Crippen LogP contribution in [-0.2, 0) is 0 Å². The van der Waals surface area contributed by atoms with Gasteiger partial charge in [0.25, 0.3) is 5.91 Å². The number of thiazole rings is 1. The first kappa shape index (κ1) is 19.8. The molecular weight excluding hydrogens is 407 g/mol. The minimum atomic E-state index is -1.20. The van der Waals surface area contributed by atoms with Crippen molar-refractivity contribution in [1.29, 1.82) is 0 Å². The number of aromatic nitrogens is 1. The lowest BCUT2D eigenvalue weighted by Gasteiger charge is -2.11. The predicted molar refractivity (Wildman–Crippen MR) is 105 cm³/mol. The van der Waals surface area contributed by atoms with Crippen molar-refractivity contribution in [2.75, 3.05) is 12.4 Å². The molecule has 2 N–H and O–H groups in total. The maximum atomic E-state index is 13.1. The number of nitrogens with one attached hydrogen (secondary N) is 1. The van der Waals surface area contributed by atoms with Crippen molar-refractivity contribution in [3.8, 4) is 16.3 Å². The van der Waals surface area contributed by atoms with Crippen LogP contribution in [0.15, 0.2) is 36.4 Å². The minimum Gasteiger partial charge on any atom is -0.496 e. The SMILES string of the molecule is COc1cc(NC(=O)c2sc(-c3ccc(F)cc3)nc2C)c(Cl)cc1C(=O)O. The topological polar surface area (TPSA) is 88.5 Å². The average Bonchev–Trinajstić information content (AvgIpc) is 3.05. The molecule has 1 amide bonds. The smallest absolute Gasteiger partial charge is 0.339 e. The summed E-state index contributed by atoms with van der Waals surface area (Å²) >= 11 is 7.26. The van der Waals surface area contributed by atoms with Crippen LogP contribution in [0.2, 0.25) is 5.02 Å². The Labute approximate surface area is 168 Å². The second-order valence-electron chi connectivity index (χ2n) is 5.73. The fourth-order valence-corrected chi connectivity index (χ4v) is 3.67. The van der Waals surface area contributed by atoms with Crippen molar-refractivity contribution in [3.05, 3.63) is 63.4 Å². The number of rotatable bonds is 5. The van der Waals surface area contributed by atoms with Gasteiger partial charge in [-0.3, -0.25) is 4.79 Å². The van der Waals surface area contributed by atoms with E-state index < -0.39 is 11.9 Å². The van der Waals surface area contributed by atoms with Crippen LogP contribution in [0.1, 0.15) is 25.7 Å². The van der Waals surface area contributed by atoms with Crippen LogP contribution in [0.3, 0.4) is 0 Å². The van der Waals surface area contributed by atoms with Crippen LogP contribution in [0, 0.1) is 12.7 Å². The fraction of sp³-hybridized carbons (Fsp3) is 0.105. The number of methoxy groups -OCH3 is 1.